The first-order valence-electron chi connectivity index (χ1n) is 6.67. The number of rotatable bonds is 6. The molecule has 0 saturated heterocycles. The van der Waals surface area contributed by atoms with Crippen molar-refractivity contribution in [2.45, 2.75) is 39.2 Å². The van der Waals surface area contributed by atoms with Gasteiger partial charge in [0.2, 0.25) is 0 Å². The lowest BCUT2D eigenvalue weighted by molar-refractivity contribution is 0.644. The van der Waals surface area contributed by atoms with Crippen LogP contribution in [-0.2, 0) is 0 Å². The molecule has 1 aromatic carbocycles. The summed E-state index contributed by atoms with van der Waals surface area (Å²) >= 11 is 0. The van der Waals surface area contributed by atoms with Gasteiger partial charge in [-0.3, -0.25) is 0 Å². The van der Waals surface area contributed by atoms with Crippen LogP contribution in [0.4, 0.5) is 5.69 Å². The molecule has 1 aromatic heterocycles. The van der Waals surface area contributed by atoms with Gasteiger partial charge >= 0.3 is 0 Å². The summed E-state index contributed by atoms with van der Waals surface area (Å²) in [6.45, 7) is 4.46. The Labute approximate surface area is 109 Å². The third-order valence-electron chi connectivity index (χ3n) is 3.05. The zero-order valence-electron chi connectivity index (χ0n) is 11.1. The Morgan fingerprint density at radius 2 is 2.11 bits per heavy atom. The molecular formula is C15H21N3. The fourth-order valence-corrected chi connectivity index (χ4v) is 2.05. The first-order valence-corrected chi connectivity index (χ1v) is 6.67. The topological polar surface area (TPSA) is 29.9 Å². The third kappa shape index (κ3) is 3.13. The van der Waals surface area contributed by atoms with E-state index in [1.807, 2.05) is 23.0 Å². The molecule has 1 unspecified atom stereocenters. The van der Waals surface area contributed by atoms with E-state index in [-0.39, 0.29) is 0 Å². The summed E-state index contributed by atoms with van der Waals surface area (Å²) in [4.78, 5) is 0. The van der Waals surface area contributed by atoms with Gasteiger partial charge in [-0.2, -0.15) is 5.10 Å². The molecule has 3 heteroatoms. The average Bonchev–Trinajstić information content (AvgIpc) is 2.91. The maximum absolute atomic E-state index is 4.29. The largest absolute Gasteiger partial charge is 0.381 e. The summed E-state index contributed by atoms with van der Waals surface area (Å²) in [6, 6.07) is 10.7. The van der Waals surface area contributed by atoms with E-state index in [1.54, 1.807) is 6.20 Å². The van der Waals surface area contributed by atoms with Gasteiger partial charge in [-0.15, -0.1) is 0 Å². The van der Waals surface area contributed by atoms with Crippen LogP contribution in [0.2, 0.25) is 0 Å². The smallest absolute Gasteiger partial charge is 0.0876 e. The van der Waals surface area contributed by atoms with Crippen LogP contribution in [0.15, 0.2) is 42.7 Å². The molecule has 0 aliphatic heterocycles. The van der Waals surface area contributed by atoms with Crippen molar-refractivity contribution < 1.29 is 0 Å². The van der Waals surface area contributed by atoms with E-state index in [0.717, 1.165) is 11.4 Å². The summed E-state index contributed by atoms with van der Waals surface area (Å²) < 4.78 is 1.90. The predicted molar refractivity (Wildman–Crippen MR) is 76.2 cm³/mol. The van der Waals surface area contributed by atoms with Crippen LogP contribution in [0.5, 0.6) is 0 Å². The van der Waals surface area contributed by atoms with E-state index in [0.29, 0.717) is 6.04 Å². The summed E-state index contributed by atoms with van der Waals surface area (Å²) in [5.74, 6) is 0. The van der Waals surface area contributed by atoms with Crippen LogP contribution >= 0.6 is 0 Å². The van der Waals surface area contributed by atoms with Gasteiger partial charge in [0.25, 0.3) is 0 Å². The van der Waals surface area contributed by atoms with E-state index >= 15 is 0 Å². The van der Waals surface area contributed by atoms with E-state index in [2.05, 4.69) is 42.5 Å². The van der Waals surface area contributed by atoms with E-state index in [4.69, 9.17) is 0 Å². The minimum absolute atomic E-state index is 0.488. The molecule has 2 aromatic rings. The van der Waals surface area contributed by atoms with Gasteiger partial charge in [-0.25, -0.2) is 4.68 Å². The van der Waals surface area contributed by atoms with E-state index in [1.165, 1.54) is 19.3 Å². The SMILES string of the molecule is CCCCC(C)Nc1ccccc1-n1cccn1. The second-order valence-electron chi connectivity index (χ2n) is 4.66. The summed E-state index contributed by atoms with van der Waals surface area (Å²) in [5, 5.41) is 7.87. The Balaban J connectivity index is 2.13. The zero-order valence-corrected chi connectivity index (χ0v) is 11.1. The van der Waals surface area contributed by atoms with Crippen molar-refractivity contribution in [1.29, 1.82) is 0 Å². The van der Waals surface area contributed by atoms with Crippen molar-refractivity contribution in [1.82, 2.24) is 9.78 Å². The molecule has 0 bridgehead atoms. The summed E-state index contributed by atoms with van der Waals surface area (Å²) in [7, 11) is 0. The highest BCUT2D eigenvalue weighted by atomic mass is 15.3. The minimum atomic E-state index is 0.488. The Morgan fingerprint density at radius 1 is 1.28 bits per heavy atom. The molecule has 0 aliphatic carbocycles. The van der Waals surface area contributed by atoms with Gasteiger partial charge in [-0.05, 0) is 31.5 Å². The van der Waals surface area contributed by atoms with Crippen molar-refractivity contribution in [3.8, 4) is 5.69 Å². The standard InChI is InChI=1S/C15H21N3/c1-3-4-8-13(2)17-14-9-5-6-10-15(14)18-12-7-11-16-18/h5-7,9-13,17H,3-4,8H2,1-2H3. The van der Waals surface area contributed by atoms with Crippen LogP contribution in [0.3, 0.4) is 0 Å². The monoisotopic (exact) mass is 243 g/mol. The van der Waals surface area contributed by atoms with Crippen LogP contribution in [-0.4, -0.2) is 15.8 Å². The van der Waals surface area contributed by atoms with Crippen LogP contribution in [0.25, 0.3) is 5.69 Å². The molecule has 0 radical (unpaired) electrons. The Morgan fingerprint density at radius 3 is 2.83 bits per heavy atom. The van der Waals surface area contributed by atoms with Crippen molar-refractivity contribution >= 4 is 5.69 Å². The van der Waals surface area contributed by atoms with E-state index in [9.17, 15) is 0 Å². The van der Waals surface area contributed by atoms with Gasteiger partial charge in [0.1, 0.15) is 0 Å². The van der Waals surface area contributed by atoms with Gasteiger partial charge < -0.3 is 5.32 Å². The highest BCUT2D eigenvalue weighted by Gasteiger charge is 2.07. The van der Waals surface area contributed by atoms with Crippen molar-refractivity contribution in [3.05, 3.63) is 42.7 Å². The number of benzene rings is 1. The van der Waals surface area contributed by atoms with Crippen molar-refractivity contribution in [2.75, 3.05) is 5.32 Å². The number of para-hydroxylation sites is 2. The Kier molecular flexibility index (Phi) is 4.40. The highest BCUT2D eigenvalue weighted by molar-refractivity contribution is 5.60. The third-order valence-corrected chi connectivity index (χ3v) is 3.05. The highest BCUT2D eigenvalue weighted by Crippen LogP contribution is 2.20. The molecule has 1 N–H and O–H groups in total. The molecule has 0 spiro atoms. The molecule has 2 rings (SSSR count). The lowest BCUT2D eigenvalue weighted by Gasteiger charge is -2.17. The lowest BCUT2D eigenvalue weighted by atomic mass is 10.1. The molecule has 0 aliphatic rings. The number of anilines is 1. The number of aromatic nitrogens is 2. The number of nitrogens with zero attached hydrogens (tertiary/aromatic N) is 2. The molecular weight excluding hydrogens is 222 g/mol. The summed E-state index contributed by atoms with van der Waals surface area (Å²) in [5.41, 5.74) is 2.25. The van der Waals surface area contributed by atoms with Crippen molar-refractivity contribution in [2.24, 2.45) is 0 Å². The first-order chi connectivity index (χ1) is 8.81. The van der Waals surface area contributed by atoms with Crippen LogP contribution in [0.1, 0.15) is 33.1 Å². The van der Waals surface area contributed by atoms with Crippen LogP contribution < -0.4 is 5.32 Å². The van der Waals surface area contributed by atoms with Gasteiger partial charge in [0.15, 0.2) is 0 Å². The molecule has 96 valence electrons. The lowest BCUT2D eigenvalue weighted by Crippen LogP contribution is -2.16. The van der Waals surface area contributed by atoms with Gasteiger partial charge in [0, 0.05) is 18.4 Å². The summed E-state index contributed by atoms with van der Waals surface area (Å²) in [6.07, 6.45) is 7.48. The molecule has 0 saturated carbocycles. The predicted octanol–water partition coefficient (Wildman–Crippen LogP) is 3.86. The molecule has 0 amide bonds. The van der Waals surface area contributed by atoms with Crippen molar-refractivity contribution in [3.63, 3.8) is 0 Å². The number of nitrogens with one attached hydrogen (secondary N) is 1. The number of hydrogen-bond acceptors (Lipinski definition) is 2. The molecule has 1 heterocycles. The Bertz CT molecular complexity index is 462. The second kappa shape index (κ2) is 6.24. The molecule has 1 atom stereocenters. The molecule has 3 nitrogen and oxygen atoms in total. The van der Waals surface area contributed by atoms with E-state index < -0.39 is 0 Å². The zero-order chi connectivity index (χ0) is 12.8. The molecule has 0 fully saturated rings. The first kappa shape index (κ1) is 12.7. The fourth-order valence-electron chi connectivity index (χ4n) is 2.05. The Hall–Kier alpha value is -1.77. The normalized spacial score (nSPS) is 12.3. The van der Waals surface area contributed by atoms with Gasteiger partial charge in [0.05, 0.1) is 11.4 Å². The fraction of sp³-hybridized carbons (Fsp3) is 0.400. The maximum atomic E-state index is 4.29. The second-order valence-corrected chi connectivity index (χ2v) is 4.66. The number of hydrogen-bond donors (Lipinski definition) is 1. The average molecular weight is 243 g/mol. The number of unbranched alkanes of at least 4 members (excludes halogenated alkanes) is 1. The minimum Gasteiger partial charge on any atom is -0.381 e. The van der Waals surface area contributed by atoms with Gasteiger partial charge in [-0.1, -0.05) is 31.9 Å². The maximum Gasteiger partial charge on any atom is 0.0876 e. The quantitative estimate of drug-likeness (QED) is 0.834. The molecule has 18 heavy (non-hydrogen) atoms. The van der Waals surface area contributed by atoms with Crippen LogP contribution in [0, 0.1) is 0 Å².